The van der Waals surface area contributed by atoms with Crippen LogP contribution in [0, 0.1) is 0 Å². The molecular weight excluding hydrogens is 208 g/mol. The summed E-state index contributed by atoms with van der Waals surface area (Å²) in [6.07, 6.45) is 2.38. The smallest absolute Gasteiger partial charge is 0.0443 e. The minimum absolute atomic E-state index is 0.825. The van der Waals surface area contributed by atoms with Crippen molar-refractivity contribution in [1.82, 2.24) is 0 Å². The van der Waals surface area contributed by atoms with Gasteiger partial charge in [-0.25, -0.2) is 0 Å². The van der Waals surface area contributed by atoms with Crippen LogP contribution in [0.15, 0.2) is 48.5 Å². The zero-order valence-corrected chi connectivity index (χ0v) is 9.76. The van der Waals surface area contributed by atoms with Crippen molar-refractivity contribution in [2.75, 3.05) is 17.2 Å². The van der Waals surface area contributed by atoms with Gasteiger partial charge in [-0.1, -0.05) is 24.3 Å². The molecular formula is C15H16N2. The standard InChI is InChI=1S/C15H16N2/c16-13-7-3-8-14(11-13)17-10-4-6-12-5-1-2-9-15(12)17/h1-3,5,7-9,11H,4,6,10,16H2. The molecule has 0 spiro atoms. The summed E-state index contributed by atoms with van der Waals surface area (Å²) in [5.41, 5.74) is 10.6. The van der Waals surface area contributed by atoms with E-state index in [0.29, 0.717) is 0 Å². The SMILES string of the molecule is Nc1cccc(N2CCCc3ccccc32)c1. The fourth-order valence-electron chi connectivity index (χ4n) is 2.49. The van der Waals surface area contributed by atoms with E-state index in [0.717, 1.165) is 12.2 Å². The zero-order chi connectivity index (χ0) is 11.7. The molecule has 1 aliphatic rings. The topological polar surface area (TPSA) is 29.3 Å². The van der Waals surface area contributed by atoms with E-state index < -0.39 is 0 Å². The predicted octanol–water partition coefficient (Wildman–Crippen LogP) is 3.35. The van der Waals surface area contributed by atoms with Crippen LogP contribution in [0.25, 0.3) is 0 Å². The zero-order valence-electron chi connectivity index (χ0n) is 9.76. The Hall–Kier alpha value is -1.96. The summed E-state index contributed by atoms with van der Waals surface area (Å²) in [4.78, 5) is 2.36. The molecule has 0 aliphatic carbocycles. The Morgan fingerprint density at radius 3 is 2.76 bits per heavy atom. The lowest BCUT2D eigenvalue weighted by Crippen LogP contribution is -2.24. The summed E-state index contributed by atoms with van der Waals surface area (Å²) in [5.74, 6) is 0. The van der Waals surface area contributed by atoms with Gasteiger partial charge in [-0.3, -0.25) is 0 Å². The first-order valence-electron chi connectivity index (χ1n) is 6.05. The fraction of sp³-hybridized carbons (Fsp3) is 0.200. The number of para-hydroxylation sites is 1. The van der Waals surface area contributed by atoms with Gasteiger partial charge in [0.1, 0.15) is 0 Å². The first kappa shape index (κ1) is 10.2. The van der Waals surface area contributed by atoms with Crippen molar-refractivity contribution in [3.8, 4) is 0 Å². The van der Waals surface area contributed by atoms with E-state index in [2.05, 4.69) is 35.2 Å². The maximum atomic E-state index is 5.86. The van der Waals surface area contributed by atoms with Crippen molar-refractivity contribution >= 4 is 17.1 Å². The second-order valence-corrected chi connectivity index (χ2v) is 4.48. The van der Waals surface area contributed by atoms with E-state index in [1.165, 1.54) is 29.8 Å². The van der Waals surface area contributed by atoms with Crippen LogP contribution in [0.3, 0.4) is 0 Å². The van der Waals surface area contributed by atoms with Crippen LogP contribution in [0.2, 0.25) is 0 Å². The molecule has 0 saturated carbocycles. The fourth-order valence-corrected chi connectivity index (χ4v) is 2.49. The number of nitrogens with zero attached hydrogens (tertiary/aromatic N) is 1. The summed E-state index contributed by atoms with van der Waals surface area (Å²) >= 11 is 0. The molecule has 1 aliphatic heterocycles. The normalized spacial score (nSPS) is 14.5. The summed E-state index contributed by atoms with van der Waals surface area (Å²) in [7, 11) is 0. The third-order valence-corrected chi connectivity index (χ3v) is 3.29. The summed E-state index contributed by atoms with van der Waals surface area (Å²) < 4.78 is 0. The molecule has 0 atom stereocenters. The molecule has 2 heteroatoms. The van der Waals surface area contributed by atoms with Crippen molar-refractivity contribution < 1.29 is 0 Å². The molecule has 0 aromatic heterocycles. The van der Waals surface area contributed by atoms with Crippen LogP contribution >= 0.6 is 0 Å². The molecule has 0 radical (unpaired) electrons. The summed E-state index contributed by atoms with van der Waals surface area (Å²) in [6.45, 7) is 1.07. The van der Waals surface area contributed by atoms with Crippen molar-refractivity contribution in [1.29, 1.82) is 0 Å². The molecule has 0 bridgehead atoms. The first-order valence-corrected chi connectivity index (χ1v) is 6.05. The van der Waals surface area contributed by atoms with E-state index in [9.17, 15) is 0 Å². The van der Waals surface area contributed by atoms with Gasteiger partial charge in [0, 0.05) is 23.6 Å². The van der Waals surface area contributed by atoms with Crippen LogP contribution in [0.4, 0.5) is 17.1 Å². The number of aryl methyl sites for hydroxylation is 1. The molecule has 17 heavy (non-hydrogen) atoms. The Morgan fingerprint density at radius 2 is 1.88 bits per heavy atom. The van der Waals surface area contributed by atoms with Gasteiger partial charge in [-0.2, -0.15) is 0 Å². The summed E-state index contributed by atoms with van der Waals surface area (Å²) in [6, 6.07) is 16.7. The highest BCUT2D eigenvalue weighted by Crippen LogP contribution is 2.33. The third kappa shape index (κ3) is 1.86. The number of hydrogen-bond acceptors (Lipinski definition) is 2. The van der Waals surface area contributed by atoms with Crippen molar-refractivity contribution in [2.45, 2.75) is 12.8 Å². The molecule has 2 aromatic carbocycles. The van der Waals surface area contributed by atoms with Crippen molar-refractivity contribution in [3.63, 3.8) is 0 Å². The highest BCUT2D eigenvalue weighted by atomic mass is 15.1. The highest BCUT2D eigenvalue weighted by molar-refractivity contribution is 5.69. The maximum absolute atomic E-state index is 5.86. The van der Waals surface area contributed by atoms with Gasteiger partial charge in [0.25, 0.3) is 0 Å². The molecule has 2 aromatic rings. The average molecular weight is 224 g/mol. The summed E-state index contributed by atoms with van der Waals surface area (Å²) in [5, 5.41) is 0. The van der Waals surface area contributed by atoms with Gasteiger partial charge in [-0.15, -0.1) is 0 Å². The lowest BCUT2D eigenvalue weighted by atomic mass is 10.0. The van der Waals surface area contributed by atoms with Crippen LogP contribution in [-0.4, -0.2) is 6.54 Å². The number of nitrogen functional groups attached to an aromatic ring is 1. The van der Waals surface area contributed by atoms with Crippen molar-refractivity contribution in [2.24, 2.45) is 0 Å². The van der Waals surface area contributed by atoms with E-state index >= 15 is 0 Å². The van der Waals surface area contributed by atoms with Gasteiger partial charge in [0.2, 0.25) is 0 Å². The van der Waals surface area contributed by atoms with Gasteiger partial charge >= 0.3 is 0 Å². The third-order valence-electron chi connectivity index (χ3n) is 3.29. The Labute approximate surface area is 102 Å². The second kappa shape index (κ2) is 4.13. The molecule has 0 fully saturated rings. The Kier molecular flexibility index (Phi) is 2.48. The number of rotatable bonds is 1. The van der Waals surface area contributed by atoms with Gasteiger partial charge < -0.3 is 10.6 Å². The van der Waals surface area contributed by atoms with Crippen LogP contribution < -0.4 is 10.6 Å². The van der Waals surface area contributed by atoms with Gasteiger partial charge in [-0.05, 0) is 42.7 Å². The Balaban J connectivity index is 2.06. The van der Waals surface area contributed by atoms with Crippen LogP contribution in [-0.2, 0) is 6.42 Å². The first-order chi connectivity index (χ1) is 8.34. The van der Waals surface area contributed by atoms with E-state index in [1.54, 1.807) is 0 Å². The number of nitrogens with two attached hydrogens (primary N) is 1. The Bertz CT molecular complexity index is 534. The lowest BCUT2D eigenvalue weighted by Gasteiger charge is -2.31. The minimum atomic E-state index is 0.825. The van der Waals surface area contributed by atoms with E-state index in [1.807, 2.05) is 18.2 Å². The molecule has 3 rings (SSSR count). The largest absolute Gasteiger partial charge is 0.399 e. The average Bonchev–Trinajstić information content (AvgIpc) is 2.38. The Morgan fingerprint density at radius 1 is 1.00 bits per heavy atom. The van der Waals surface area contributed by atoms with Gasteiger partial charge in [0.05, 0.1) is 0 Å². The number of benzene rings is 2. The maximum Gasteiger partial charge on any atom is 0.0443 e. The lowest BCUT2D eigenvalue weighted by molar-refractivity contribution is 0.767. The molecule has 86 valence electrons. The highest BCUT2D eigenvalue weighted by Gasteiger charge is 2.17. The number of hydrogen-bond donors (Lipinski definition) is 1. The van der Waals surface area contributed by atoms with E-state index in [4.69, 9.17) is 5.73 Å². The predicted molar refractivity (Wildman–Crippen MR) is 72.6 cm³/mol. The van der Waals surface area contributed by atoms with E-state index in [-0.39, 0.29) is 0 Å². The molecule has 2 N–H and O–H groups in total. The van der Waals surface area contributed by atoms with Crippen LogP contribution in [0.5, 0.6) is 0 Å². The molecule has 0 saturated heterocycles. The molecule has 2 nitrogen and oxygen atoms in total. The minimum Gasteiger partial charge on any atom is -0.399 e. The second-order valence-electron chi connectivity index (χ2n) is 4.48. The molecule has 1 heterocycles. The van der Waals surface area contributed by atoms with Crippen molar-refractivity contribution in [3.05, 3.63) is 54.1 Å². The number of fused-ring (bicyclic) bond motifs is 1. The van der Waals surface area contributed by atoms with Gasteiger partial charge in [0.15, 0.2) is 0 Å². The number of anilines is 3. The monoisotopic (exact) mass is 224 g/mol. The quantitative estimate of drug-likeness (QED) is 0.753. The molecule has 0 amide bonds. The molecule has 0 unspecified atom stereocenters. The van der Waals surface area contributed by atoms with Crippen LogP contribution in [0.1, 0.15) is 12.0 Å².